The Labute approximate surface area is 108 Å². The molecule has 1 fully saturated rings. The Morgan fingerprint density at radius 3 is 2.67 bits per heavy atom. The summed E-state index contributed by atoms with van der Waals surface area (Å²) >= 11 is 0. The van der Waals surface area contributed by atoms with Crippen molar-refractivity contribution in [2.45, 2.75) is 25.8 Å². The normalized spacial score (nSPS) is 14.4. The van der Waals surface area contributed by atoms with Gasteiger partial charge in [0, 0.05) is 31.5 Å². The second-order valence-corrected chi connectivity index (χ2v) is 5.10. The molecule has 0 heterocycles. The van der Waals surface area contributed by atoms with Crippen LogP contribution in [0.5, 0.6) is 0 Å². The summed E-state index contributed by atoms with van der Waals surface area (Å²) in [5.74, 6) is 0.0302. The van der Waals surface area contributed by atoms with Crippen molar-refractivity contribution >= 4 is 17.3 Å². The molecule has 0 spiro atoms. The van der Waals surface area contributed by atoms with Crippen LogP contribution in [0.2, 0.25) is 0 Å². The molecule has 0 atom stereocenters. The summed E-state index contributed by atoms with van der Waals surface area (Å²) in [6.45, 7) is 2.41. The van der Waals surface area contributed by atoms with E-state index >= 15 is 0 Å². The number of rotatable bonds is 5. The number of amides is 1. The van der Waals surface area contributed by atoms with Crippen LogP contribution in [0.15, 0.2) is 18.2 Å². The Hall–Kier alpha value is -1.55. The molecule has 0 aliphatic heterocycles. The van der Waals surface area contributed by atoms with E-state index in [4.69, 9.17) is 0 Å². The summed E-state index contributed by atoms with van der Waals surface area (Å²) in [5, 5.41) is 6.14. The van der Waals surface area contributed by atoms with Gasteiger partial charge in [0.25, 0.3) is 0 Å². The molecule has 2 rings (SSSR count). The van der Waals surface area contributed by atoms with Crippen molar-refractivity contribution in [2.75, 3.05) is 30.9 Å². The molecule has 0 unspecified atom stereocenters. The second-order valence-electron chi connectivity index (χ2n) is 5.10. The van der Waals surface area contributed by atoms with Crippen molar-refractivity contribution in [2.24, 2.45) is 0 Å². The van der Waals surface area contributed by atoms with Crippen LogP contribution in [0.3, 0.4) is 0 Å². The second kappa shape index (κ2) is 5.40. The molecule has 0 radical (unpaired) electrons. The van der Waals surface area contributed by atoms with Crippen LogP contribution >= 0.6 is 0 Å². The third-order valence-corrected chi connectivity index (χ3v) is 3.13. The number of benzene rings is 1. The fourth-order valence-electron chi connectivity index (χ4n) is 1.79. The number of hydrogen-bond donors (Lipinski definition) is 2. The van der Waals surface area contributed by atoms with Crippen molar-refractivity contribution in [1.82, 2.24) is 5.32 Å². The van der Waals surface area contributed by atoms with Crippen LogP contribution in [-0.4, -0.2) is 32.6 Å². The van der Waals surface area contributed by atoms with E-state index in [-0.39, 0.29) is 5.91 Å². The van der Waals surface area contributed by atoms with Crippen molar-refractivity contribution in [3.63, 3.8) is 0 Å². The Bertz CT molecular complexity index is 439. The minimum absolute atomic E-state index is 0.0302. The van der Waals surface area contributed by atoms with E-state index in [9.17, 15) is 4.79 Å². The SMILES string of the molecule is Cc1cc(N(C)C)ccc1NC(=O)CNC1CC1. The monoisotopic (exact) mass is 247 g/mol. The van der Waals surface area contributed by atoms with E-state index in [2.05, 4.69) is 16.7 Å². The highest BCUT2D eigenvalue weighted by Gasteiger charge is 2.21. The highest BCUT2D eigenvalue weighted by Crippen LogP contribution is 2.21. The summed E-state index contributed by atoms with van der Waals surface area (Å²) < 4.78 is 0. The lowest BCUT2D eigenvalue weighted by molar-refractivity contribution is -0.115. The summed E-state index contributed by atoms with van der Waals surface area (Å²) in [5.41, 5.74) is 3.12. The molecule has 4 nitrogen and oxygen atoms in total. The Kier molecular flexibility index (Phi) is 3.87. The first kappa shape index (κ1) is 12.9. The smallest absolute Gasteiger partial charge is 0.238 e. The molecule has 1 aromatic carbocycles. The molecular weight excluding hydrogens is 226 g/mol. The maximum atomic E-state index is 11.7. The lowest BCUT2D eigenvalue weighted by Crippen LogP contribution is -2.29. The average molecular weight is 247 g/mol. The van der Waals surface area contributed by atoms with Crippen LogP contribution in [0.1, 0.15) is 18.4 Å². The Morgan fingerprint density at radius 2 is 2.11 bits per heavy atom. The van der Waals surface area contributed by atoms with E-state index in [1.807, 2.05) is 38.1 Å². The first-order valence-electron chi connectivity index (χ1n) is 6.37. The van der Waals surface area contributed by atoms with E-state index < -0.39 is 0 Å². The maximum absolute atomic E-state index is 11.7. The largest absolute Gasteiger partial charge is 0.378 e. The number of hydrogen-bond acceptors (Lipinski definition) is 3. The standard InChI is InChI=1S/C14H21N3O/c1-10-8-12(17(2)3)6-7-13(10)16-14(18)9-15-11-4-5-11/h6-8,11,15H,4-5,9H2,1-3H3,(H,16,18). The zero-order valence-electron chi connectivity index (χ0n) is 11.3. The average Bonchev–Trinajstić information content (AvgIpc) is 3.13. The molecule has 1 aromatic rings. The summed E-state index contributed by atoms with van der Waals surface area (Å²) in [6.07, 6.45) is 2.40. The maximum Gasteiger partial charge on any atom is 0.238 e. The zero-order valence-corrected chi connectivity index (χ0v) is 11.3. The number of nitrogens with one attached hydrogen (secondary N) is 2. The van der Waals surface area contributed by atoms with Crippen LogP contribution in [-0.2, 0) is 4.79 Å². The number of carbonyl (C=O) groups excluding carboxylic acids is 1. The first-order chi connectivity index (χ1) is 8.56. The lowest BCUT2D eigenvalue weighted by Gasteiger charge is -2.15. The lowest BCUT2D eigenvalue weighted by atomic mass is 10.1. The van der Waals surface area contributed by atoms with E-state index in [1.165, 1.54) is 12.8 Å². The van der Waals surface area contributed by atoms with Gasteiger partial charge in [-0.15, -0.1) is 0 Å². The van der Waals surface area contributed by atoms with Gasteiger partial charge in [-0.05, 0) is 43.5 Å². The molecule has 0 bridgehead atoms. The molecule has 1 saturated carbocycles. The Morgan fingerprint density at radius 1 is 1.39 bits per heavy atom. The number of nitrogens with zero attached hydrogens (tertiary/aromatic N) is 1. The highest BCUT2D eigenvalue weighted by atomic mass is 16.1. The van der Waals surface area contributed by atoms with Gasteiger partial charge in [0.2, 0.25) is 5.91 Å². The van der Waals surface area contributed by atoms with E-state index in [0.717, 1.165) is 16.9 Å². The predicted molar refractivity (Wildman–Crippen MR) is 75.2 cm³/mol. The topological polar surface area (TPSA) is 44.4 Å². The van der Waals surface area contributed by atoms with Crippen molar-refractivity contribution < 1.29 is 4.79 Å². The fraction of sp³-hybridized carbons (Fsp3) is 0.500. The molecule has 4 heteroatoms. The summed E-state index contributed by atoms with van der Waals surface area (Å²) in [4.78, 5) is 13.8. The molecular formula is C14H21N3O. The third-order valence-electron chi connectivity index (χ3n) is 3.13. The summed E-state index contributed by atoms with van der Waals surface area (Å²) in [6, 6.07) is 6.61. The minimum Gasteiger partial charge on any atom is -0.378 e. The van der Waals surface area contributed by atoms with Crippen molar-refractivity contribution in [1.29, 1.82) is 0 Å². The molecule has 1 aliphatic carbocycles. The van der Waals surface area contributed by atoms with Gasteiger partial charge in [0.15, 0.2) is 0 Å². The van der Waals surface area contributed by atoms with Crippen molar-refractivity contribution in [3.8, 4) is 0 Å². The number of carbonyl (C=O) groups is 1. The van der Waals surface area contributed by atoms with Gasteiger partial charge in [0.1, 0.15) is 0 Å². The summed E-state index contributed by atoms with van der Waals surface area (Å²) in [7, 11) is 4.01. The Balaban J connectivity index is 1.93. The quantitative estimate of drug-likeness (QED) is 0.833. The fourth-order valence-corrected chi connectivity index (χ4v) is 1.79. The van der Waals surface area contributed by atoms with Crippen LogP contribution in [0.25, 0.3) is 0 Å². The molecule has 1 aliphatic rings. The van der Waals surface area contributed by atoms with Gasteiger partial charge >= 0.3 is 0 Å². The molecule has 0 aromatic heterocycles. The minimum atomic E-state index is 0.0302. The number of aryl methyl sites for hydroxylation is 1. The number of anilines is 2. The zero-order chi connectivity index (χ0) is 13.1. The van der Waals surface area contributed by atoms with Crippen molar-refractivity contribution in [3.05, 3.63) is 23.8 Å². The third kappa shape index (κ3) is 3.47. The predicted octanol–water partition coefficient (Wildman–Crippen LogP) is 1.75. The van der Waals surface area contributed by atoms with E-state index in [1.54, 1.807) is 0 Å². The van der Waals surface area contributed by atoms with Gasteiger partial charge < -0.3 is 15.5 Å². The first-order valence-corrected chi connectivity index (χ1v) is 6.37. The van der Waals surface area contributed by atoms with Gasteiger partial charge in [-0.3, -0.25) is 4.79 Å². The van der Waals surface area contributed by atoms with E-state index in [0.29, 0.717) is 12.6 Å². The van der Waals surface area contributed by atoms with Gasteiger partial charge in [-0.2, -0.15) is 0 Å². The van der Waals surface area contributed by atoms with Crippen LogP contribution in [0.4, 0.5) is 11.4 Å². The van der Waals surface area contributed by atoms with Gasteiger partial charge in [0.05, 0.1) is 6.54 Å². The van der Waals surface area contributed by atoms with Crippen LogP contribution < -0.4 is 15.5 Å². The molecule has 18 heavy (non-hydrogen) atoms. The molecule has 98 valence electrons. The molecule has 2 N–H and O–H groups in total. The van der Waals surface area contributed by atoms with Gasteiger partial charge in [-0.1, -0.05) is 0 Å². The molecule has 0 saturated heterocycles. The molecule has 1 amide bonds. The highest BCUT2D eigenvalue weighted by molar-refractivity contribution is 5.93. The van der Waals surface area contributed by atoms with Crippen LogP contribution in [0, 0.1) is 6.92 Å². The van der Waals surface area contributed by atoms with Gasteiger partial charge in [-0.25, -0.2) is 0 Å².